The minimum Gasteiger partial charge on any atom is -1.00 e. The summed E-state index contributed by atoms with van der Waals surface area (Å²) in [4.78, 5) is 25.7. The predicted octanol–water partition coefficient (Wildman–Crippen LogP) is -0.762. The van der Waals surface area contributed by atoms with Crippen LogP contribution in [0.2, 0.25) is 0 Å². The molecule has 9 heteroatoms. The van der Waals surface area contributed by atoms with Gasteiger partial charge in [-0.1, -0.05) is 50.0 Å². The summed E-state index contributed by atoms with van der Waals surface area (Å²) in [7, 11) is 0. The maximum absolute atomic E-state index is 12.2. The molecule has 0 spiro atoms. The van der Waals surface area contributed by atoms with Gasteiger partial charge in [0.2, 0.25) is 0 Å². The van der Waals surface area contributed by atoms with Crippen LogP contribution in [0.25, 0.3) is 0 Å². The van der Waals surface area contributed by atoms with E-state index in [-0.39, 0.29) is 86.0 Å². The number of hydrogen-bond donors (Lipinski definition) is 1. The number of ether oxygens (including phenoxy) is 1. The zero-order valence-corrected chi connectivity index (χ0v) is 23.9. The number of phenols is 1. The monoisotopic (exact) mass is 475 g/mol. The minimum absolute atomic E-state index is 0. The van der Waals surface area contributed by atoms with Crippen molar-refractivity contribution < 1.29 is 81.4 Å². The van der Waals surface area contributed by atoms with Gasteiger partial charge in [-0.05, 0) is 49.2 Å². The Labute approximate surface area is 239 Å². The fourth-order valence-electron chi connectivity index (χ4n) is 3.10. The van der Waals surface area contributed by atoms with E-state index in [4.69, 9.17) is 17.0 Å². The quantitative estimate of drug-likeness (QED) is 0.246. The molecular weight excluding hydrogens is 452 g/mol. The normalized spacial score (nSPS) is 13.0. The molecule has 5 nitrogen and oxygen atoms in total. The van der Waals surface area contributed by atoms with Crippen LogP contribution in [0.15, 0.2) is 47.9 Å². The standard InChI is InChI=1S/C22H21NO4S2.2Na.2H/c1-4-5-19-15(6-11-18(13(2)24)20(19)25)12-27-17-9-7-16(8-10-17)23-21(26)14(3)29-22(23)28;;;;/h6-11,25H,3-5,12H2,1-2H3;;;;/q;2*+1;2*-1. The zero-order chi connectivity index (χ0) is 21.1. The van der Waals surface area contributed by atoms with Crippen molar-refractivity contribution in [2.75, 3.05) is 4.90 Å². The van der Waals surface area contributed by atoms with Gasteiger partial charge in [0.15, 0.2) is 10.1 Å². The Balaban J connectivity index is 0. The number of amides is 1. The largest absolute Gasteiger partial charge is 1.00 e. The molecule has 1 N–H and O–H groups in total. The molecule has 0 atom stereocenters. The van der Waals surface area contributed by atoms with Gasteiger partial charge in [0.1, 0.15) is 18.1 Å². The number of phenolic OH excluding ortho intramolecular Hbond substituents is 1. The van der Waals surface area contributed by atoms with E-state index in [1.54, 1.807) is 30.3 Å². The predicted molar refractivity (Wildman–Crippen MR) is 122 cm³/mol. The first kappa shape index (κ1) is 28.4. The topological polar surface area (TPSA) is 66.8 Å². The molecule has 0 aromatic heterocycles. The minimum atomic E-state index is -0.209. The molecule has 1 heterocycles. The van der Waals surface area contributed by atoms with E-state index in [0.29, 0.717) is 32.6 Å². The van der Waals surface area contributed by atoms with E-state index in [2.05, 4.69) is 6.58 Å². The molecule has 1 aliphatic heterocycles. The van der Waals surface area contributed by atoms with Crippen LogP contribution >= 0.6 is 24.0 Å². The summed E-state index contributed by atoms with van der Waals surface area (Å²) in [6.45, 7) is 7.42. The molecule has 2 aromatic carbocycles. The number of anilines is 1. The van der Waals surface area contributed by atoms with Crippen LogP contribution in [-0.2, 0) is 17.8 Å². The summed E-state index contributed by atoms with van der Waals surface area (Å²) in [5.41, 5.74) is 2.56. The molecule has 31 heavy (non-hydrogen) atoms. The van der Waals surface area contributed by atoms with Gasteiger partial charge in [-0.15, -0.1) is 0 Å². The molecule has 154 valence electrons. The smallest absolute Gasteiger partial charge is 1.00 e. The third-order valence-electron chi connectivity index (χ3n) is 4.58. The van der Waals surface area contributed by atoms with Crippen LogP contribution in [0.1, 0.15) is 44.6 Å². The Morgan fingerprint density at radius 3 is 2.39 bits per heavy atom. The van der Waals surface area contributed by atoms with Gasteiger partial charge in [0.05, 0.1) is 16.2 Å². The number of ketones is 1. The average Bonchev–Trinajstić information content (AvgIpc) is 2.94. The van der Waals surface area contributed by atoms with Gasteiger partial charge in [0, 0.05) is 5.56 Å². The van der Waals surface area contributed by atoms with Crippen molar-refractivity contribution in [1.29, 1.82) is 0 Å². The number of nitrogens with zero attached hydrogens (tertiary/aromatic N) is 1. The first-order valence-corrected chi connectivity index (χ1v) is 10.4. The molecule has 3 rings (SSSR count). The fraction of sp³-hybridized carbons (Fsp3) is 0.227. The van der Waals surface area contributed by atoms with E-state index in [1.165, 1.54) is 23.6 Å². The Hall–Kier alpha value is -0.640. The third-order valence-corrected chi connectivity index (χ3v) is 5.79. The first-order chi connectivity index (χ1) is 13.8. The molecule has 1 fully saturated rings. The Morgan fingerprint density at radius 2 is 1.87 bits per heavy atom. The van der Waals surface area contributed by atoms with Gasteiger partial charge in [0.25, 0.3) is 5.91 Å². The van der Waals surface area contributed by atoms with Crippen molar-refractivity contribution in [3.8, 4) is 11.5 Å². The second kappa shape index (κ2) is 12.6. The molecule has 1 saturated heterocycles. The number of Topliss-reactive ketones (excluding diaryl/α,β-unsaturated/α-hetero) is 1. The van der Waals surface area contributed by atoms with Crippen molar-refractivity contribution in [3.63, 3.8) is 0 Å². The number of aromatic hydroxyl groups is 1. The second-order valence-corrected chi connectivity index (χ2v) is 8.35. The number of carbonyl (C=O) groups excluding carboxylic acids is 2. The SMILES string of the molecule is C=C1SC(=S)N(c2ccc(OCc3ccc(C(C)=O)c(O)c3CCC)cc2)C1=O.[H-].[H-].[Na+].[Na+]. The van der Waals surface area contributed by atoms with Crippen LogP contribution < -0.4 is 68.8 Å². The zero-order valence-electron chi connectivity index (χ0n) is 20.2. The number of thioether (sulfide) groups is 1. The van der Waals surface area contributed by atoms with Crippen LogP contribution in [0.4, 0.5) is 5.69 Å². The Kier molecular flexibility index (Phi) is 11.5. The molecule has 1 amide bonds. The average molecular weight is 476 g/mol. The van der Waals surface area contributed by atoms with Crippen molar-refractivity contribution in [1.82, 2.24) is 0 Å². The Morgan fingerprint density at radius 1 is 1.23 bits per heavy atom. The summed E-state index contributed by atoms with van der Waals surface area (Å²) in [5.74, 6) is 0.280. The van der Waals surface area contributed by atoms with Crippen LogP contribution in [0.3, 0.4) is 0 Å². The molecule has 1 aliphatic rings. The maximum Gasteiger partial charge on any atom is 1.00 e. The van der Waals surface area contributed by atoms with E-state index < -0.39 is 0 Å². The van der Waals surface area contributed by atoms with Crippen molar-refractivity contribution in [3.05, 3.63) is 64.6 Å². The molecule has 0 radical (unpaired) electrons. The summed E-state index contributed by atoms with van der Waals surface area (Å²) >= 11 is 6.42. The Bertz CT molecular complexity index is 1020. The summed E-state index contributed by atoms with van der Waals surface area (Å²) in [6.07, 6.45) is 1.49. The molecule has 2 aromatic rings. The molecule has 0 aliphatic carbocycles. The van der Waals surface area contributed by atoms with Gasteiger partial charge in [-0.25, -0.2) is 0 Å². The van der Waals surface area contributed by atoms with Gasteiger partial charge in [-0.2, -0.15) is 0 Å². The van der Waals surface area contributed by atoms with Crippen molar-refractivity contribution >= 4 is 45.7 Å². The van der Waals surface area contributed by atoms with Gasteiger partial charge in [-0.3, -0.25) is 14.5 Å². The van der Waals surface area contributed by atoms with E-state index in [9.17, 15) is 14.7 Å². The molecule has 0 unspecified atom stereocenters. The van der Waals surface area contributed by atoms with Gasteiger partial charge < -0.3 is 12.7 Å². The van der Waals surface area contributed by atoms with Gasteiger partial charge >= 0.3 is 59.1 Å². The van der Waals surface area contributed by atoms with E-state index >= 15 is 0 Å². The first-order valence-electron chi connectivity index (χ1n) is 9.16. The van der Waals surface area contributed by atoms with E-state index in [1.807, 2.05) is 13.0 Å². The maximum atomic E-state index is 12.2. The number of carbonyl (C=O) groups is 2. The third kappa shape index (κ3) is 6.45. The molecule has 0 saturated carbocycles. The van der Waals surface area contributed by atoms with Crippen molar-refractivity contribution in [2.24, 2.45) is 0 Å². The van der Waals surface area contributed by atoms with Crippen molar-refractivity contribution in [2.45, 2.75) is 33.3 Å². The van der Waals surface area contributed by atoms with Crippen LogP contribution in [0.5, 0.6) is 11.5 Å². The number of thiocarbonyl (C=S) groups is 1. The summed E-state index contributed by atoms with van der Waals surface area (Å²) < 4.78 is 6.33. The summed E-state index contributed by atoms with van der Waals surface area (Å²) in [6, 6.07) is 10.5. The van der Waals surface area contributed by atoms with Crippen LogP contribution in [-0.4, -0.2) is 21.1 Å². The van der Waals surface area contributed by atoms with E-state index in [0.717, 1.165) is 17.5 Å². The van der Waals surface area contributed by atoms with Crippen LogP contribution in [0, 0.1) is 0 Å². The number of hydrogen-bond acceptors (Lipinski definition) is 6. The molecular formula is C22H23NNa2O4S2. The molecule has 0 bridgehead atoms. The second-order valence-electron chi connectivity index (χ2n) is 6.62. The summed E-state index contributed by atoms with van der Waals surface area (Å²) in [5, 5.41) is 10.5. The fourth-order valence-corrected chi connectivity index (χ4v) is 4.26. The number of rotatable bonds is 7. The number of benzene rings is 2.